The molecule has 3 nitrogen and oxygen atoms in total. The van der Waals surface area contributed by atoms with E-state index in [1.807, 2.05) is 13.0 Å². The van der Waals surface area contributed by atoms with E-state index in [1.165, 1.54) is 0 Å². The third kappa shape index (κ3) is 2.37. The molecule has 76 valence electrons. The van der Waals surface area contributed by atoms with Crippen LogP contribution in [0.3, 0.4) is 0 Å². The molecular formula is C10H12INO2. The first kappa shape index (κ1) is 11.3. The molecule has 0 spiro atoms. The minimum absolute atomic E-state index is 0.427. The maximum atomic E-state index is 10.9. The Kier molecular flexibility index (Phi) is 3.74. The van der Waals surface area contributed by atoms with Crippen molar-refractivity contribution in [1.29, 1.82) is 0 Å². The maximum absolute atomic E-state index is 10.9. The molecule has 0 aliphatic carbocycles. The van der Waals surface area contributed by atoms with E-state index in [-0.39, 0.29) is 0 Å². The number of carbonyl (C=O) groups is 1. The standard InChI is InChI=1S/C10H12INO2/c1-2-7(10(13)14)6-3-4-9(12)8(11)5-6/h3-5,7H,2,12H2,1H3,(H,13,14). The lowest BCUT2D eigenvalue weighted by Crippen LogP contribution is -2.10. The normalized spacial score (nSPS) is 12.4. The van der Waals surface area contributed by atoms with Crippen LogP contribution < -0.4 is 5.73 Å². The molecular weight excluding hydrogens is 293 g/mol. The van der Waals surface area contributed by atoms with Crippen molar-refractivity contribution >= 4 is 34.2 Å². The van der Waals surface area contributed by atoms with Gasteiger partial charge in [0.15, 0.2) is 0 Å². The Morgan fingerprint density at radius 1 is 1.64 bits per heavy atom. The summed E-state index contributed by atoms with van der Waals surface area (Å²) in [5.74, 6) is -1.21. The summed E-state index contributed by atoms with van der Waals surface area (Å²) >= 11 is 2.11. The topological polar surface area (TPSA) is 63.3 Å². The Labute approximate surface area is 96.4 Å². The van der Waals surface area contributed by atoms with Crippen molar-refractivity contribution in [2.24, 2.45) is 0 Å². The highest BCUT2D eigenvalue weighted by molar-refractivity contribution is 14.1. The number of aliphatic carboxylic acids is 1. The smallest absolute Gasteiger partial charge is 0.310 e. The molecule has 4 heteroatoms. The molecule has 0 heterocycles. The van der Waals surface area contributed by atoms with E-state index < -0.39 is 11.9 Å². The molecule has 0 aliphatic heterocycles. The Morgan fingerprint density at radius 3 is 2.71 bits per heavy atom. The van der Waals surface area contributed by atoms with E-state index in [0.29, 0.717) is 12.1 Å². The Bertz CT molecular complexity index is 352. The molecule has 0 radical (unpaired) electrons. The number of nitrogens with two attached hydrogens (primary N) is 1. The number of anilines is 1. The highest BCUT2D eigenvalue weighted by Gasteiger charge is 2.17. The predicted molar refractivity (Wildman–Crippen MR) is 64.2 cm³/mol. The first-order valence-electron chi connectivity index (χ1n) is 4.34. The average molecular weight is 305 g/mol. The van der Waals surface area contributed by atoms with E-state index in [1.54, 1.807) is 12.1 Å². The van der Waals surface area contributed by atoms with Crippen LogP contribution in [0.25, 0.3) is 0 Å². The molecule has 1 atom stereocenters. The minimum atomic E-state index is -0.784. The molecule has 0 bridgehead atoms. The second kappa shape index (κ2) is 4.63. The molecule has 0 saturated carbocycles. The van der Waals surface area contributed by atoms with Gasteiger partial charge in [-0.05, 0) is 46.7 Å². The molecule has 0 saturated heterocycles. The first-order valence-corrected chi connectivity index (χ1v) is 5.41. The number of halogens is 1. The van der Waals surface area contributed by atoms with Crippen LogP contribution in [0.15, 0.2) is 18.2 Å². The zero-order valence-corrected chi connectivity index (χ0v) is 9.98. The van der Waals surface area contributed by atoms with Gasteiger partial charge in [-0.15, -0.1) is 0 Å². The fourth-order valence-corrected chi connectivity index (χ4v) is 1.85. The van der Waals surface area contributed by atoms with Gasteiger partial charge in [0.05, 0.1) is 5.92 Å². The summed E-state index contributed by atoms with van der Waals surface area (Å²) in [6.07, 6.45) is 0.593. The second-order valence-corrected chi connectivity index (χ2v) is 4.24. The van der Waals surface area contributed by atoms with Gasteiger partial charge in [0, 0.05) is 9.26 Å². The summed E-state index contributed by atoms with van der Waals surface area (Å²) in [5.41, 5.74) is 7.16. The third-order valence-electron chi connectivity index (χ3n) is 2.13. The minimum Gasteiger partial charge on any atom is -0.481 e. The molecule has 1 aromatic rings. The van der Waals surface area contributed by atoms with E-state index >= 15 is 0 Å². The molecule has 1 unspecified atom stereocenters. The largest absolute Gasteiger partial charge is 0.481 e. The number of hydrogen-bond acceptors (Lipinski definition) is 2. The molecule has 0 aliphatic rings. The SMILES string of the molecule is CCC(C(=O)O)c1ccc(N)c(I)c1. The van der Waals surface area contributed by atoms with Crippen LogP contribution in [-0.4, -0.2) is 11.1 Å². The summed E-state index contributed by atoms with van der Waals surface area (Å²) < 4.78 is 0.903. The van der Waals surface area contributed by atoms with Crippen LogP contribution >= 0.6 is 22.6 Å². The van der Waals surface area contributed by atoms with Crippen molar-refractivity contribution in [3.05, 3.63) is 27.3 Å². The average Bonchev–Trinajstić information content (AvgIpc) is 2.11. The molecule has 1 rings (SSSR count). The number of hydrogen-bond donors (Lipinski definition) is 2. The molecule has 0 amide bonds. The van der Waals surface area contributed by atoms with E-state index in [2.05, 4.69) is 22.6 Å². The van der Waals surface area contributed by atoms with Gasteiger partial charge >= 0.3 is 5.97 Å². The molecule has 1 aromatic carbocycles. The van der Waals surface area contributed by atoms with Gasteiger partial charge < -0.3 is 10.8 Å². The monoisotopic (exact) mass is 305 g/mol. The highest BCUT2D eigenvalue weighted by atomic mass is 127. The van der Waals surface area contributed by atoms with Gasteiger partial charge in [-0.25, -0.2) is 0 Å². The van der Waals surface area contributed by atoms with Gasteiger partial charge in [-0.1, -0.05) is 13.0 Å². The fourth-order valence-electron chi connectivity index (χ4n) is 1.31. The Balaban J connectivity index is 3.06. The van der Waals surface area contributed by atoms with Crippen molar-refractivity contribution < 1.29 is 9.90 Å². The van der Waals surface area contributed by atoms with Crippen LogP contribution in [0.4, 0.5) is 5.69 Å². The van der Waals surface area contributed by atoms with Gasteiger partial charge in [0.2, 0.25) is 0 Å². The molecule has 3 N–H and O–H groups in total. The van der Waals surface area contributed by atoms with Crippen LogP contribution in [0.2, 0.25) is 0 Å². The van der Waals surface area contributed by atoms with E-state index in [0.717, 1.165) is 9.13 Å². The van der Waals surface area contributed by atoms with Gasteiger partial charge in [0.25, 0.3) is 0 Å². The maximum Gasteiger partial charge on any atom is 0.310 e. The highest BCUT2D eigenvalue weighted by Crippen LogP contribution is 2.24. The van der Waals surface area contributed by atoms with Crippen molar-refractivity contribution in [2.45, 2.75) is 19.3 Å². The van der Waals surface area contributed by atoms with Crippen LogP contribution in [-0.2, 0) is 4.79 Å². The quantitative estimate of drug-likeness (QED) is 0.666. The predicted octanol–water partition coefficient (Wildman–Crippen LogP) is 2.45. The van der Waals surface area contributed by atoms with Gasteiger partial charge in [0.1, 0.15) is 0 Å². The number of nitrogen functional groups attached to an aromatic ring is 1. The summed E-state index contributed by atoms with van der Waals surface area (Å²) in [6, 6.07) is 5.36. The summed E-state index contributed by atoms with van der Waals surface area (Å²) in [5, 5.41) is 8.95. The van der Waals surface area contributed by atoms with Crippen molar-refractivity contribution in [2.75, 3.05) is 5.73 Å². The van der Waals surface area contributed by atoms with Gasteiger partial charge in [-0.2, -0.15) is 0 Å². The lowest BCUT2D eigenvalue weighted by molar-refractivity contribution is -0.138. The van der Waals surface area contributed by atoms with Crippen molar-refractivity contribution in [3.8, 4) is 0 Å². The van der Waals surface area contributed by atoms with Crippen LogP contribution in [0.1, 0.15) is 24.8 Å². The zero-order valence-electron chi connectivity index (χ0n) is 7.83. The summed E-state index contributed by atoms with van der Waals surface area (Å²) in [7, 11) is 0. The number of benzene rings is 1. The number of rotatable bonds is 3. The molecule has 0 aromatic heterocycles. The molecule has 14 heavy (non-hydrogen) atoms. The zero-order chi connectivity index (χ0) is 10.7. The Morgan fingerprint density at radius 2 is 2.29 bits per heavy atom. The Hall–Kier alpha value is -0.780. The first-order chi connectivity index (χ1) is 6.56. The van der Waals surface area contributed by atoms with E-state index in [9.17, 15) is 4.79 Å². The van der Waals surface area contributed by atoms with Crippen molar-refractivity contribution in [1.82, 2.24) is 0 Å². The van der Waals surface area contributed by atoms with Crippen LogP contribution in [0, 0.1) is 3.57 Å². The van der Waals surface area contributed by atoms with Gasteiger partial charge in [-0.3, -0.25) is 4.79 Å². The fraction of sp³-hybridized carbons (Fsp3) is 0.300. The van der Waals surface area contributed by atoms with Crippen LogP contribution in [0.5, 0.6) is 0 Å². The number of carboxylic acids is 1. The van der Waals surface area contributed by atoms with E-state index in [4.69, 9.17) is 10.8 Å². The second-order valence-electron chi connectivity index (χ2n) is 3.08. The lowest BCUT2D eigenvalue weighted by Gasteiger charge is -2.11. The number of carboxylic acid groups (broad SMARTS) is 1. The summed E-state index contributed by atoms with van der Waals surface area (Å²) in [6.45, 7) is 1.86. The lowest BCUT2D eigenvalue weighted by atomic mass is 9.97. The van der Waals surface area contributed by atoms with Crippen molar-refractivity contribution in [3.63, 3.8) is 0 Å². The summed E-state index contributed by atoms with van der Waals surface area (Å²) in [4.78, 5) is 10.9. The molecule has 0 fully saturated rings. The third-order valence-corrected chi connectivity index (χ3v) is 3.07.